The van der Waals surface area contributed by atoms with Crippen LogP contribution in [-0.4, -0.2) is 27.6 Å². The molecule has 0 bridgehead atoms. The van der Waals surface area contributed by atoms with E-state index in [2.05, 4.69) is 26.1 Å². The molecule has 0 radical (unpaired) electrons. The first kappa shape index (κ1) is 12.2. The van der Waals surface area contributed by atoms with Crippen molar-refractivity contribution >= 4 is 9.76 Å². The predicted molar refractivity (Wildman–Crippen MR) is 64.3 cm³/mol. The third-order valence-electron chi connectivity index (χ3n) is 2.68. The molecule has 2 nitrogen and oxygen atoms in total. The summed E-state index contributed by atoms with van der Waals surface area (Å²) >= 11 is 0. The number of hydrogen-bond donors (Lipinski definition) is 1. The Labute approximate surface area is 90.7 Å². The molecule has 1 fully saturated rings. The first-order valence-electron chi connectivity index (χ1n) is 5.95. The van der Waals surface area contributed by atoms with E-state index in [1.165, 1.54) is 32.1 Å². The van der Waals surface area contributed by atoms with Crippen LogP contribution in [0.1, 0.15) is 52.9 Å². The fourth-order valence-electron chi connectivity index (χ4n) is 1.93. The van der Waals surface area contributed by atoms with Gasteiger partial charge in [-0.1, -0.05) is 19.3 Å². The van der Waals surface area contributed by atoms with Crippen LogP contribution in [0.4, 0.5) is 0 Å². The van der Waals surface area contributed by atoms with Crippen molar-refractivity contribution in [2.75, 3.05) is 6.17 Å². The van der Waals surface area contributed by atoms with Gasteiger partial charge in [0.15, 0.2) is 9.76 Å². The molecule has 1 saturated carbocycles. The lowest BCUT2D eigenvalue weighted by molar-refractivity contribution is 0.137. The summed E-state index contributed by atoms with van der Waals surface area (Å²) in [7, 11) is -0.349. The Balaban J connectivity index is 1.97. The monoisotopic (exact) mass is 215 g/mol. The molecule has 1 rings (SSSR count). The molecule has 0 heterocycles. The van der Waals surface area contributed by atoms with E-state index >= 15 is 0 Å². The van der Waals surface area contributed by atoms with Gasteiger partial charge in [-0.05, 0) is 33.6 Å². The van der Waals surface area contributed by atoms with Gasteiger partial charge in [-0.15, -0.1) is 0 Å². The van der Waals surface area contributed by atoms with E-state index in [0.717, 1.165) is 12.2 Å². The Morgan fingerprint density at radius 1 is 1.21 bits per heavy atom. The standard InChI is InChI=1S/C11H25NOSi/c1-11(2,3)13-14-9-12-10-7-5-4-6-8-10/h10,12H,4-9,14H2,1-3H3. The van der Waals surface area contributed by atoms with E-state index < -0.39 is 0 Å². The van der Waals surface area contributed by atoms with Crippen LogP contribution in [0, 0.1) is 0 Å². The molecule has 3 heteroatoms. The van der Waals surface area contributed by atoms with Crippen molar-refractivity contribution in [3.8, 4) is 0 Å². The fourth-order valence-corrected chi connectivity index (χ4v) is 3.17. The maximum Gasteiger partial charge on any atom is 0.175 e. The summed E-state index contributed by atoms with van der Waals surface area (Å²) in [5, 5.41) is 3.63. The van der Waals surface area contributed by atoms with Crippen molar-refractivity contribution in [1.82, 2.24) is 5.32 Å². The molecule has 0 spiro atoms. The molecule has 0 saturated heterocycles. The Bertz CT molecular complexity index is 150. The van der Waals surface area contributed by atoms with Crippen molar-refractivity contribution in [2.45, 2.75) is 64.5 Å². The lowest BCUT2D eigenvalue weighted by Gasteiger charge is -2.24. The largest absolute Gasteiger partial charge is 0.418 e. The smallest absolute Gasteiger partial charge is 0.175 e. The lowest BCUT2D eigenvalue weighted by Crippen LogP contribution is -2.36. The fraction of sp³-hybridized carbons (Fsp3) is 1.00. The maximum absolute atomic E-state index is 5.80. The molecule has 0 aromatic carbocycles. The second-order valence-corrected chi connectivity index (χ2v) is 6.45. The van der Waals surface area contributed by atoms with E-state index in [-0.39, 0.29) is 15.4 Å². The van der Waals surface area contributed by atoms with Crippen molar-refractivity contribution in [3.05, 3.63) is 0 Å². The highest BCUT2D eigenvalue weighted by molar-refractivity contribution is 6.27. The average molecular weight is 215 g/mol. The van der Waals surface area contributed by atoms with Crippen LogP contribution in [0.25, 0.3) is 0 Å². The van der Waals surface area contributed by atoms with Gasteiger partial charge in [-0.3, -0.25) is 0 Å². The molecule has 0 aromatic heterocycles. The number of hydrogen-bond acceptors (Lipinski definition) is 2. The van der Waals surface area contributed by atoms with Crippen LogP contribution in [0.5, 0.6) is 0 Å². The minimum absolute atomic E-state index is 0.0699. The Morgan fingerprint density at radius 3 is 2.43 bits per heavy atom. The van der Waals surface area contributed by atoms with E-state index in [0.29, 0.717) is 0 Å². The minimum atomic E-state index is -0.349. The molecule has 1 N–H and O–H groups in total. The zero-order valence-corrected chi connectivity index (χ0v) is 11.3. The van der Waals surface area contributed by atoms with Gasteiger partial charge in [0, 0.05) is 17.8 Å². The summed E-state index contributed by atoms with van der Waals surface area (Å²) < 4.78 is 5.80. The van der Waals surface area contributed by atoms with Crippen LogP contribution in [0.15, 0.2) is 0 Å². The van der Waals surface area contributed by atoms with E-state index in [1.807, 2.05) is 0 Å². The number of rotatable bonds is 4. The molecule has 0 amide bonds. The van der Waals surface area contributed by atoms with Gasteiger partial charge in [0.25, 0.3) is 0 Å². The second-order valence-electron chi connectivity index (χ2n) is 5.25. The van der Waals surface area contributed by atoms with Gasteiger partial charge in [-0.2, -0.15) is 0 Å². The summed E-state index contributed by atoms with van der Waals surface area (Å²) in [5.74, 6) is 0. The number of nitrogens with one attached hydrogen (secondary N) is 1. The maximum atomic E-state index is 5.80. The van der Waals surface area contributed by atoms with Gasteiger partial charge < -0.3 is 9.74 Å². The highest BCUT2D eigenvalue weighted by atomic mass is 28.2. The zero-order chi connectivity index (χ0) is 10.4. The molecule has 0 atom stereocenters. The quantitative estimate of drug-likeness (QED) is 0.570. The van der Waals surface area contributed by atoms with Gasteiger partial charge in [0.1, 0.15) is 0 Å². The van der Waals surface area contributed by atoms with Crippen LogP contribution < -0.4 is 5.32 Å². The second kappa shape index (κ2) is 5.88. The first-order chi connectivity index (χ1) is 6.58. The Hall–Kier alpha value is 0.137. The molecule has 14 heavy (non-hydrogen) atoms. The summed E-state index contributed by atoms with van der Waals surface area (Å²) in [5.41, 5.74) is 0.0699. The molecule has 0 aromatic rings. The van der Waals surface area contributed by atoms with Crippen LogP contribution in [-0.2, 0) is 4.43 Å². The third-order valence-corrected chi connectivity index (χ3v) is 4.24. The van der Waals surface area contributed by atoms with Crippen molar-refractivity contribution < 1.29 is 4.43 Å². The Morgan fingerprint density at radius 2 is 1.86 bits per heavy atom. The lowest BCUT2D eigenvalue weighted by atomic mass is 9.96. The van der Waals surface area contributed by atoms with Crippen molar-refractivity contribution in [1.29, 1.82) is 0 Å². The van der Waals surface area contributed by atoms with E-state index in [4.69, 9.17) is 4.43 Å². The van der Waals surface area contributed by atoms with Crippen molar-refractivity contribution in [3.63, 3.8) is 0 Å². The molecular weight excluding hydrogens is 190 g/mol. The predicted octanol–water partition coefficient (Wildman–Crippen LogP) is 1.77. The molecule has 84 valence electrons. The minimum Gasteiger partial charge on any atom is -0.418 e. The molecule has 1 aliphatic rings. The van der Waals surface area contributed by atoms with E-state index in [9.17, 15) is 0 Å². The molecular formula is C11H25NOSi. The SMILES string of the molecule is CC(C)(C)O[SiH2]CNC1CCCCC1. The summed E-state index contributed by atoms with van der Waals surface area (Å²) in [6.45, 7) is 6.42. The average Bonchev–Trinajstić information content (AvgIpc) is 2.13. The molecule has 0 unspecified atom stereocenters. The third kappa shape index (κ3) is 5.78. The van der Waals surface area contributed by atoms with Crippen LogP contribution >= 0.6 is 0 Å². The molecule has 1 aliphatic carbocycles. The van der Waals surface area contributed by atoms with Gasteiger partial charge >= 0.3 is 0 Å². The zero-order valence-electron chi connectivity index (χ0n) is 9.94. The van der Waals surface area contributed by atoms with Crippen LogP contribution in [0.3, 0.4) is 0 Å². The van der Waals surface area contributed by atoms with Gasteiger partial charge in [0.2, 0.25) is 0 Å². The topological polar surface area (TPSA) is 21.3 Å². The molecule has 0 aliphatic heterocycles. The van der Waals surface area contributed by atoms with Gasteiger partial charge in [0.05, 0.1) is 0 Å². The van der Waals surface area contributed by atoms with Crippen LogP contribution in [0.2, 0.25) is 0 Å². The highest BCUT2D eigenvalue weighted by Crippen LogP contribution is 2.16. The van der Waals surface area contributed by atoms with Crippen molar-refractivity contribution in [2.24, 2.45) is 0 Å². The summed E-state index contributed by atoms with van der Waals surface area (Å²) in [6, 6.07) is 0.791. The summed E-state index contributed by atoms with van der Waals surface area (Å²) in [6.07, 6.45) is 8.17. The first-order valence-corrected chi connectivity index (χ1v) is 7.53. The van der Waals surface area contributed by atoms with E-state index in [1.54, 1.807) is 0 Å². The normalized spacial score (nSPS) is 20.8. The summed E-state index contributed by atoms with van der Waals surface area (Å²) in [4.78, 5) is 0. The van der Waals surface area contributed by atoms with Gasteiger partial charge in [-0.25, -0.2) is 0 Å². The Kier molecular flexibility index (Phi) is 5.13. The highest BCUT2D eigenvalue weighted by Gasteiger charge is 2.13.